The van der Waals surface area contributed by atoms with Crippen LogP contribution in [0, 0.1) is 12.7 Å². The first kappa shape index (κ1) is 26.4. The number of aromatic nitrogens is 2. The van der Waals surface area contributed by atoms with E-state index in [0.29, 0.717) is 47.3 Å². The van der Waals surface area contributed by atoms with Crippen molar-refractivity contribution in [1.82, 2.24) is 9.55 Å². The number of para-hydroxylation sites is 1. The van der Waals surface area contributed by atoms with Crippen LogP contribution in [-0.2, 0) is 4.79 Å². The maximum absolute atomic E-state index is 14.4. The summed E-state index contributed by atoms with van der Waals surface area (Å²) < 4.78 is 34.1. The molecular weight excluding hydrogens is 524 g/mol. The Balaban J connectivity index is 0.00000289. The van der Waals surface area contributed by atoms with Crippen molar-refractivity contribution in [3.63, 3.8) is 0 Å². The standard InChI is InChI=1S/C30H24FN3O5.Na/c1-16-5-10-26(39-16)30-33-22-9-6-18(31)12-25(22)34(30)24-4-2-3-21-23(15-38-29(21)24)32-19-7-8-20-17(11-28(35)36)14-37-27(20)13-19;/h2-10,12-13,17,23,32H,11,14-15H2,1H3,(H,35,36);/q;+1/p-1/t17-,23-;/m1./s1. The predicted octanol–water partition coefficient (Wildman–Crippen LogP) is 1.90. The summed E-state index contributed by atoms with van der Waals surface area (Å²) in [6.45, 7) is 2.57. The molecule has 2 aliphatic rings. The first-order chi connectivity index (χ1) is 18.9. The number of nitrogens with zero attached hydrogens (tertiary/aromatic N) is 2. The van der Waals surface area contributed by atoms with Crippen LogP contribution in [0.25, 0.3) is 28.3 Å². The zero-order valence-corrected chi connectivity index (χ0v) is 23.9. The Morgan fingerprint density at radius 1 is 1.07 bits per heavy atom. The van der Waals surface area contributed by atoms with Gasteiger partial charge in [-0.2, -0.15) is 0 Å². The van der Waals surface area contributed by atoms with Crippen LogP contribution < -0.4 is 49.5 Å². The van der Waals surface area contributed by atoms with Gasteiger partial charge in [0, 0.05) is 40.8 Å². The molecule has 0 aliphatic carbocycles. The first-order valence-corrected chi connectivity index (χ1v) is 12.7. The fourth-order valence-electron chi connectivity index (χ4n) is 5.48. The van der Waals surface area contributed by atoms with Crippen LogP contribution in [0.1, 0.15) is 35.3 Å². The molecule has 0 bridgehead atoms. The Morgan fingerprint density at radius 2 is 1.95 bits per heavy atom. The third-order valence-electron chi connectivity index (χ3n) is 7.26. The minimum atomic E-state index is -1.09. The fourth-order valence-corrected chi connectivity index (χ4v) is 5.48. The van der Waals surface area contributed by atoms with E-state index in [0.717, 1.165) is 28.3 Å². The molecule has 0 fully saturated rings. The Kier molecular flexibility index (Phi) is 6.82. The van der Waals surface area contributed by atoms with Gasteiger partial charge in [0.1, 0.15) is 29.7 Å². The van der Waals surface area contributed by atoms with Gasteiger partial charge in [0.2, 0.25) is 0 Å². The molecule has 2 atom stereocenters. The van der Waals surface area contributed by atoms with E-state index in [9.17, 15) is 14.3 Å². The second-order valence-electron chi connectivity index (χ2n) is 9.85. The summed E-state index contributed by atoms with van der Waals surface area (Å²) in [4.78, 5) is 15.8. The average molecular weight is 548 g/mol. The Hall–Kier alpha value is -3.79. The van der Waals surface area contributed by atoms with Crippen molar-refractivity contribution in [2.75, 3.05) is 18.5 Å². The van der Waals surface area contributed by atoms with Crippen LogP contribution >= 0.6 is 0 Å². The van der Waals surface area contributed by atoms with Gasteiger partial charge in [-0.05, 0) is 49.7 Å². The molecule has 0 unspecified atom stereocenters. The molecule has 10 heteroatoms. The third kappa shape index (κ3) is 4.54. The third-order valence-corrected chi connectivity index (χ3v) is 7.26. The van der Waals surface area contributed by atoms with Gasteiger partial charge < -0.3 is 29.1 Å². The number of carboxylic acids is 1. The summed E-state index contributed by atoms with van der Waals surface area (Å²) in [5.41, 5.74) is 4.63. The smallest absolute Gasteiger partial charge is 0.550 e. The number of anilines is 1. The van der Waals surface area contributed by atoms with E-state index in [1.165, 1.54) is 12.1 Å². The molecule has 8 nitrogen and oxygen atoms in total. The molecule has 3 aromatic carbocycles. The van der Waals surface area contributed by atoms with Gasteiger partial charge in [-0.25, -0.2) is 9.37 Å². The number of benzene rings is 3. The Bertz CT molecular complexity index is 1760. The molecule has 0 amide bonds. The number of hydrogen-bond acceptors (Lipinski definition) is 7. The number of imidazole rings is 1. The Labute approximate surface area is 251 Å². The van der Waals surface area contributed by atoms with Gasteiger partial charge in [0.25, 0.3) is 0 Å². The molecular formula is C30H23FN3NaO5. The minimum absolute atomic E-state index is 0. The van der Waals surface area contributed by atoms with Gasteiger partial charge in [-0.1, -0.05) is 18.2 Å². The largest absolute Gasteiger partial charge is 1.00 e. The zero-order valence-electron chi connectivity index (χ0n) is 21.9. The van der Waals surface area contributed by atoms with E-state index in [4.69, 9.17) is 18.9 Å². The average Bonchev–Trinajstić information content (AvgIpc) is 3.69. The second-order valence-corrected chi connectivity index (χ2v) is 9.85. The van der Waals surface area contributed by atoms with Crippen LogP contribution in [0.4, 0.5) is 10.1 Å². The topological polar surface area (TPSA) is 102 Å². The number of carbonyl (C=O) groups excluding carboxylic acids is 1. The summed E-state index contributed by atoms with van der Waals surface area (Å²) in [6, 6.07) is 19.6. The van der Waals surface area contributed by atoms with E-state index >= 15 is 0 Å². The van der Waals surface area contributed by atoms with Gasteiger partial charge in [-0.15, -0.1) is 0 Å². The van der Waals surface area contributed by atoms with Crippen molar-refractivity contribution in [1.29, 1.82) is 0 Å². The number of aryl methyl sites for hydroxylation is 1. The zero-order chi connectivity index (χ0) is 26.7. The number of nitrogens with one attached hydrogen (secondary N) is 1. The molecule has 196 valence electrons. The molecule has 0 saturated carbocycles. The van der Waals surface area contributed by atoms with Crippen LogP contribution in [0.3, 0.4) is 0 Å². The summed E-state index contributed by atoms with van der Waals surface area (Å²) in [7, 11) is 0. The number of aliphatic carboxylic acids is 1. The number of carboxylic acid groups (broad SMARTS) is 1. The SMILES string of the molecule is Cc1ccc(-c2nc3ccc(F)cc3n2-c2cccc3c2OC[C@H]3Nc2ccc3c(c2)OC[C@H]3CC(=O)[O-])o1.[Na+]. The Morgan fingerprint density at radius 3 is 2.75 bits per heavy atom. The van der Waals surface area contributed by atoms with Crippen molar-refractivity contribution in [2.24, 2.45) is 0 Å². The van der Waals surface area contributed by atoms with Crippen LogP contribution in [0.5, 0.6) is 11.5 Å². The molecule has 0 radical (unpaired) electrons. The monoisotopic (exact) mass is 547 g/mol. The number of carbonyl (C=O) groups is 1. The van der Waals surface area contributed by atoms with Gasteiger partial charge in [0.05, 0.1) is 29.4 Å². The second kappa shape index (κ2) is 10.3. The number of furan rings is 1. The van der Waals surface area contributed by atoms with Gasteiger partial charge in [-0.3, -0.25) is 4.57 Å². The summed E-state index contributed by atoms with van der Waals surface area (Å²) in [6.07, 6.45) is -0.0706. The number of halogens is 1. The van der Waals surface area contributed by atoms with Crippen molar-refractivity contribution in [3.05, 3.63) is 89.4 Å². The van der Waals surface area contributed by atoms with Crippen molar-refractivity contribution in [2.45, 2.75) is 25.3 Å². The molecule has 0 spiro atoms. The van der Waals surface area contributed by atoms with Crippen LogP contribution in [0.15, 0.2) is 71.1 Å². The van der Waals surface area contributed by atoms with E-state index in [1.807, 2.05) is 60.0 Å². The quantitative estimate of drug-likeness (QED) is 0.324. The first-order valence-electron chi connectivity index (χ1n) is 12.7. The normalized spacial score (nSPS) is 17.1. The van der Waals surface area contributed by atoms with Gasteiger partial charge >= 0.3 is 29.6 Å². The van der Waals surface area contributed by atoms with Crippen molar-refractivity contribution in [3.8, 4) is 28.8 Å². The summed E-state index contributed by atoms with van der Waals surface area (Å²) >= 11 is 0. The predicted molar refractivity (Wildman–Crippen MR) is 140 cm³/mol. The minimum Gasteiger partial charge on any atom is -0.550 e. The maximum atomic E-state index is 14.4. The van der Waals surface area contributed by atoms with Gasteiger partial charge in [0.15, 0.2) is 11.6 Å². The number of fused-ring (bicyclic) bond motifs is 3. The number of hydrogen-bond donors (Lipinski definition) is 1. The molecule has 4 heterocycles. The molecule has 2 aromatic heterocycles. The maximum Gasteiger partial charge on any atom is 1.00 e. The molecule has 2 aliphatic heterocycles. The number of ether oxygens (including phenoxy) is 2. The summed E-state index contributed by atoms with van der Waals surface area (Å²) in [5.74, 6) is 1.56. The van der Waals surface area contributed by atoms with Crippen LogP contribution in [-0.4, -0.2) is 28.7 Å². The number of rotatable bonds is 6. The van der Waals surface area contributed by atoms with Crippen molar-refractivity contribution >= 4 is 22.7 Å². The molecule has 1 N–H and O–H groups in total. The fraction of sp³-hybridized carbons (Fsp3) is 0.200. The molecule has 40 heavy (non-hydrogen) atoms. The van der Waals surface area contributed by atoms with E-state index in [-0.39, 0.29) is 53.8 Å². The molecule has 0 saturated heterocycles. The molecule has 5 aromatic rings. The van der Waals surface area contributed by atoms with E-state index in [1.54, 1.807) is 6.07 Å². The van der Waals surface area contributed by atoms with E-state index < -0.39 is 5.97 Å². The van der Waals surface area contributed by atoms with Crippen molar-refractivity contribution < 1.29 is 57.7 Å². The van der Waals surface area contributed by atoms with Crippen LogP contribution in [0.2, 0.25) is 0 Å². The summed E-state index contributed by atoms with van der Waals surface area (Å²) in [5, 5.41) is 14.6. The van der Waals surface area contributed by atoms with E-state index in [2.05, 4.69) is 5.32 Å². The molecule has 7 rings (SSSR count).